The molecule has 6 unspecified atom stereocenters. The molecule has 0 spiro atoms. The van der Waals surface area contributed by atoms with Gasteiger partial charge in [-0.25, -0.2) is 4.79 Å². The monoisotopic (exact) mass is 477 g/mol. The van der Waals surface area contributed by atoms with Crippen LogP contribution in [-0.4, -0.2) is 82.1 Å². The van der Waals surface area contributed by atoms with Gasteiger partial charge in [0, 0.05) is 0 Å². The van der Waals surface area contributed by atoms with Crippen molar-refractivity contribution in [2.75, 3.05) is 12.0 Å². The van der Waals surface area contributed by atoms with Crippen molar-refractivity contribution in [2.24, 2.45) is 17.4 Å². The van der Waals surface area contributed by atoms with E-state index in [0.717, 1.165) is 0 Å². The third kappa shape index (κ3) is 10.3. The minimum absolute atomic E-state index is 0.188. The van der Waals surface area contributed by atoms with Crippen LogP contribution in [0.2, 0.25) is 0 Å². The third-order valence-corrected chi connectivity index (χ3v) is 5.48. The Hall–Kier alpha value is -2.38. The first-order valence-electron chi connectivity index (χ1n) is 10.2. The van der Waals surface area contributed by atoms with E-state index in [-0.39, 0.29) is 12.3 Å². The maximum absolute atomic E-state index is 12.7. The summed E-state index contributed by atoms with van der Waals surface area (Å²) in [6, 6.07) is -5.02. The molecule has 6 atom stereocenters. The number of primary amides is 1. The normalized spacial score (nSPS) is 16.6. The smallest absolute Gasteiger partial charge is 0.326 e. The number of carboxylic acids is 1. The number of aliphatic hydroxyl groups is 1. The number of nitrogens with one attached hydrogen (secondary N) is 3. The van der Waals surface area contributed by atoms with Crippen LogP contribution in [-0.2, 0) is 24.0 Å². The van der Waals surface area contributed by atoms with Gasteiger partial charge in [0.1, 0.15) is 18.1 Å². The molecule has 9 N–H and O–H groups in total. The van der Waals surface area contributed by atoms with Gasteiger partial charge in [-0.1, -0.05) is 20.3 Å². The summed E-state index contributed by atoms with van der Waals surface area (Å²) in [5, 5.41) is 26.5. The Morgan fingerprint density at radius 2 is 1.53 bits per heavy atom. The second kappa shape index (κ2) is 14.6. The number of aliphatic hydroxyl groups excluding tert-OH is 1. The number of hydrogen-bond acceptors (Lipinski definition) is 8. The zero-order chi connectivity index (χ0) is 25.0. The van der Waals surface area contributed by atoms with Crippen molar-refractivity contribution in [3.63, 3.8) is 0 Å². The van der Waals surface area contributed by atoms with Crippen LogP contribution in [0.4, 0.5) is 0 Å². The molecule has 0 radical (unpaired) electrons. The van der Waals surface area contributed by atoms with Crippen molar-refractivity contribution in [3.8, 4) is 0 Å². The number of carboxylic acid groups (broad SMARTS) is 1. The van der Waals surface area contributed by atoms with Crippen LogP contribution < -0.4 is 27.4 Å². The molecule has 0 fully saturated rings. The molecule has 0 aromatic carbocycles. The molecule has 0 saturated heterocycles. The Morgan fingerprint density at radius 1 is 0.969 bits per heavy atom. The zero-order valence-electron chi connectivity index (χ0n) is 18.8. The van der Waals surface area contributed by atoms with E-state index in [4.69, 9.17) is 11.5 Å². The summed E-state index contributed by atoms with van der Waals surface area (Å²) in [4.78, 5) is 60.1. The molecule has 13 heteroatoms. The molecule has 0 aliphatic rings. The lowest BCUT2D eigenvalue weighted by Gasteiger charge is -2.27. The number of hydrogen-bond donors (Lipinski definition) is 7. The lowest BCUT2D eigenvalue weighted by atomic mass is 9.98. The molecule has 0 aliphatic heterocycles. The Kier molecular flexibility index (Phi) is 13.5. The molecular weight excluding hydrogens is 442 g/mol. The van der Waals surface area contributed by atoms with Crippen molar-refractivity contribution < 1.29 is 34.2 Å². The highest BCUT2D eigenvalue weighted by Gasteiger charge is 2.33. The summed E-state index contributed by atoms with van der Waals surface area (Å²) in [5.74, 6) is -4.30. The SMILES string of the molecule is CCC(C)C(NC(=O)C(CCSC)NC(=O)C(NC(=O)C(N)CC(N)=O)C(C)O)C(=O)O. The standard InChI is InChI=1S/C19H35N5O7S/c1-5-9(2)14(19(30)31)23-17(28)12(6-7-32-4)22-18(29)15(10(3)25)24-16(27)11(20)8-13(21)26/h9-12,14-15,25H,5-8,20H2,1-4H3,(H2,21,26)(H,22,29)(H,23,28)(H,24,27)(H,30,31). The highest BCUT2D eigenvalue weighted by molar-refractivity contribution is 7.98. The second-order valence-corrected chi connectivity index (χ2v) is 8.54. The molecule has 0 bridgehead atoms. The number of nitrogens with two attached hydrogens (primary N) is 2. The second-order valence-electron chi connectivity index (χ2n) is 7.56. The lowest BCUT2D eigenvalue weighted by molar-refractivity contribution is -0.144. The van der Waals surface area contributed by atoms with Crippen LogP contribution in [0.1, 0.15) is 40.0 Å². The highest BCUT2D eigenvalue weighted by Crippen LogP contribution is 2.10. The molecule has 0 aromatic rings. The predicted octanol–water partition coefficient (Wildman–Crippen LogP) is -2.09. The minimum atomic E-state index is -1.46. The van der Waals surface area contributed by atoms with Gasteiger partial charge in [-0.2, -0.15) is 11.8 Å². The molecule has 12 nitrogen and oxygen atoms in total. The summed E-state index contributed by atoms with van der Waals surface area (Å²) in [5.41, 5.74) is 10.6. The van der Waals surface area contributed by atoms with E-state index >= 15 is 0 Å². The fourth-order valence-corrected chi connectivity index (χ4v) is 3.15. The summed E-state index contributed by atoms with van der Waals surface area (Å²) in [7, 11) is 0. The van der Waals surface area contributed by atoms with Gasteiger partial charge in [0.15, 0.2) is 0 Å². The Morgan fingerprint density at radius 3 is 1.97 bits per heavy atom. The van der Waals surface area contributed by atoms with Gasteiger partial charge in [-0.3, -0.25) is 19.2 Å². The van der Waals surface area contributed by atoms with Crippen molar-refractivity contribution in [1.82, 2.24) is 16.0 Å². The first kappa shape index (κ1) is 29.6. The fourth-order valence-electron chi connectivity index (χ4n) is 2.68. The Labute approximate surface area is 191 Å². The first-order valence-corrected chi connectivity index (χ1v) is 11.6. The van der Waals surface area contributed by atoms with Crippen LogP contribution in [0.15, 0.2) is 0 Å². The molecule has 0 rings (SSSR count). The van der Waals surface area contributed by atoms with E-state index in [1.54, 1.807) is 20.1 Å². The van der Waals surface area contributed by atoms with Gasteiger partial charge < -0.3 is 37.6 Å². The zero-order valence-corrected chi connectivity index (χ0v) is 19.6. The number of carbonyl (C=O) groups excluding carboxylic acids is 4. The lowest BCUT2D eigenvalue weighted by Crippen LogP contribution is -2.60. The van der Waals surface area contributed by atoms with Crippen LogP contribution in [0.25, 0.3) is 0 Å². The molecule has 0 aromatic heterocycles. The number of aliphatic carboxylic acids is 1. The molecule has 4 amide bonds. The number of thioether (sulfide) groups is 1. The average molecular weight is 478 g/mol. The van der Waals surface area contributed by atoms with Gasteiger partial charge >= 0.3 is 5.97 Å². The van der Waals surface area contributed by atoms with Gasteiger partial charge in [-0.15, -0.1) is 0 Å². The summed E-state index contributed by atoms with van der Waals surface area (Å²) < 4.78 is 0. The van der Waals surface area contributed by atoms with Crippen molar-refractivity contribution >= 4 is 41.4 Å². The maximum Gasteiger partial charge on any atom is 0.326 e. The van der Waals surface area contributed by atoms with E-state index < -0.39 is 66.3 Å². The summed E-state index contributed by atoms with van der Waals surface area (Å²) >= 11 is 1.42. The summed E-state index contributed by atoms with van der Waals surface area (Å²) in [6.07, 6.45) is 0.698. The van der Waals surface area contributed by atoms with Gasteiger partial charge in [0.25, 0.3) is 0 Å². The third-order valence-electron chi connectivity index (χ3n) is 4.84. The van der Waals surface area contributed by atoms with E-state index in [0.29, 0.717) is 12.2 Å². The summed E-state index contributed by atoms with van der Waals surface area (Å²) in [6.45, 7) is 4.73. The molecule has 184 valence electrons. The van der Waals surface area contributed by atoms with Gasteiger partial charge in [-0.05, 0) is 31.3 Å². The van der Waals surface area contributed by atoms with Crippen LogP contribution in [0.3, 0.4) is 0 Å². The Balaban J connectivity index is 5.44. The average Bonchev–Trinajstić information content (AvgIpc) is 2.70. The van der Waals surface area contributed by atoms with Crippen LogP contribution >= 0.6 is 11.8 Å². The highest BCUT2D eigenvalue weighted by atomic mass is 32.2. The minimum Gasteiger partial charge on any atom is -0.480 e. The molecule has 0 heterocycles. The maximum atomic E-state index is 12.7. The molecule has 0 saturated carbocycles. The van der Waals surface area contributed by atoms with Crippen molar-refractivity contribution in [2.45, 2.75) is 70.3 Å². The van der Waals surface area contributed by atoms with Crippen LogP contribution in [0.5, 0.6) is 0 Å². The van der Waals surface area contributed by atoms with E-state index in [9.17, 15) is 34.2 Å². The number of rotatable bonds is 15. The molecule has 32 heavy (non-hydrogen) atoms. The largest absolute Gasteiger partial charge is 0.480 e. The predicted molar refractivity (Wildman–Crippen MR) is 119 cm³/mol. The van der Waals surface area contributed by atoms with Crippen molar-refractivity contribution in [1.29, 1.82) is 0 Å². The van der Waals surface area contributed by atoms with E-state index in [1.807, 2.05) is 0 Å². The quantitative estimate of drug-likeness (QED) is 0.137. The van der Waals surface area contributed by atoms with E-state index in [2.05, 4.69) is 16.0 Å². The number of amides is 4. The van der Waals surface area contributed by atoms with Gasteiger partial charge in [0.2, 0.25) is 23.6 Å². The fraction of sp³-hybridized carbons (Fsp3) is 0.737. The topological polar surface area (TPSA) is 214 Å². The first-order chi connectivity index (χ1) is 14.8. The van der Waals surface area contributed by atoms with Crippen LogP contribution in [0, 0.1) is 5.92 Å². The Bertz CT molecular complexity index is 676. The van der Waals surface area contributed by atoms with E-state index in [1.165, 1.54) is 18.7 Å². The number of carbonyl (C=O) groups is 5. The van der Waals surface area contributed by atoms with Gasteiger partial charge in [0.05, 0.1) is 18.6 Å². The van der Waals surface area contributed by atoms with Crippen molar-refractivity contribution in [3.05, 3.63) is 0 Å². The molecular formula is C19H35N5O7S. The molecule has 0 aliphatic carbocycles.